The lowest BCUT2D eigenvalue weighted by atomic mass is 10.7. The Bertz CT molecular complexity index is 298. The molecular formula is C6H5F3O8. The molecule has 0 aliphatic rings. The summed E-state index contributed by atoms with van der Waals surface area (Å²) in [5, 5.41) is 8.03. The van der Waals surface area contributed by atoms with Crippen molar-refractivity contribution in [3.63, 3.8) is 0 Å². The molecule has 0 aliphatic carbocycles. The van der Waals surface area contributed by atoms with Crippen LogP contribution in [0.5, 0.6) is 0 Å². The minimum atomic E-state index is -5.30. The minimum Gasteiger partial charge on any atom is -0.479 e. The van der Waals surface area contributed by atoms with E-state index >= 15 is 0 Å². The quantitative estimate of drug-likeness (QED) is 0.404. The second-order valence-electron chi connectivity index (χ2n) is 2.24. The summed E-state index contributed by atoms with van der Waals surface area (Å²) in [6.45, 7) is -1.95. The van der Waals surface area contributed by atoms with Crippen molar-refractivity contribution in [1.29, 1.82) is 0 Å². The Hall–Kier alpha value is -1.88. The zero-order valence-corrected chi connectivity index (χ0v) is 7.85. The Morgan fingerprint density at radius 2 is 1.53 bits per heavy atom. The number of hydrogen-bond acceptors (Lipinski definition) is 7. The molecule has 0 spiro atoms. The van der Waals surface area contributed by atoms with E-state index in [9.17, 15) is 27.6 Å². The Balaban J connectivity index is 3.67. The van der Waals surface area contributed by atoms with E-state index in [4.69, 9.17) is 5.11 Å². The highest BCUT2D eigenvalue weighted by Crippen LogP contribution is 2.16. The molecule has 17 heavy (non-hydrogen) atoms. The lowest BCUT2D eigenvalue weighted by Crippen LogP contribution is -2.27. The van der Waals surface area contributed by atoms with Gasteiger partial charge in [0.1, 0.15) is 0 Å². The Kier molecular flexibility index (Phi) is 5.91. The smallest absolute Gasteiger partial charge is 0.479 e. The molecule has 0 aromatic rings. The fourth-order valence-corrected chi connectivity index (χ4v) is 0.337. The van der Waals surface area contributed by atoms with Gasteiger partial charge in [-0.25, -0.2) is 33.9 Å². The average molecular weight is 262 g/mol. The van der Waals surface area contributed by atoms with Gasteiger partial charge in [0.15, 0.2) is 13.2 Å². The fraction of sp³-hybridized carbons (Fsp3) is 0.500. The normalized spacial score (nSPS) is 10.8. The number of alkyl halides is 3. The van der Waals surface area contributed by atoms with Crippen LogP contribution in [0.3, 0.4) is 0 Å². The monoisotopic (exact) mass is 262 g/mol. The maximum atomic E-state index is 11.5. The number of hydrogen-bond donors (Lipinski definition) is 1. The van der Waals surface area contributed by atoms with Gasteiger partial charge >= 0.3 is 24.1 Å². The number of carboxylic acid groups (broad SMARTS) is 1. The van der Waals surface area contributed by atoms with Crippen LogP contribution in [0.2, 0.25) is 0 Å². The molecule has 0 aromatic carbocycles. The van der Waals surface area contributed by atoms with Crippen LogP contribution in [0.15, 0.2) is 0 Å². The summed E-state index contributed by atoms with van der Waals surface area (Å²) in [4.78, 5) is 44.6. The SMILES string of the molecule is O=C(O)COOCC(=O)OOC(=O)C(F)(F)F. The van der Waals surface area contributed by atoms with E-state index in [0.717, 1.165) is 0 Å². The number of carbonyl (C=O) groups excluding carboxylic acids is 2. The second kappa shape index (κ2) is 6.65. The van der Waals surface area contributed by atoms with Crippen molar-refractivity contribution in [1.82, 2.24) is 0 Å². The van der Waals surface area contributed by atoms with E-state index in [1.54, 1.807) is 0 Å². The first-order valence-electron chi connectivity index (χ1n) is 3.68. The van der Waals surface area contributed by atoms with Crippen molar-refractivity contribution in [3.8, 4) is 0 Å². The summed E-state index contributed by atoms with van der Waals surface area (Å²) in [5.41, 5.74) is 0. The van der Waals surface area contributed by atoms with Gasteiger partial charge in [0, 0.05) is 0 Å². The summed E-state index contributed by atoms with van der Waals surface area (Å²) in [5.74, 6) is -5.65. The molecule has 0 aromatic heterocycles. The summed E-state index contributed by atoms with van der Waals surface area (Å²) in [7, 11) is 0. The molecule has 1 N–H and O–H groups in total. The summed E-state index contributed by atoms with van der Waals surface area (Å²) < 4.78 is 34.5. The lowest BCUT2D eigenvalue weighted by Gasteiger charge is -2.04. The third-order valence-electron chi connectivity index (χ3n) is 0.884. The molecule has 0 heterocycles. The van der Waals surface area contributed by atoms with Crippen LogP contribution < -0.4 is 0 Å². The van der Waals surface area contributed by atoms with Gasteiger partial charge in [-0.3, -0.25) is 0 Å². The fourth-order valence-electron chi connectivity index (χ4n) is 0.337. The highest BCUT2D eigenvalue weighted by molar-refractivity contribution is 5.77. The van der Waals surface area contributed by atoms with E-state index in [1.807, 2.05) is 0 Å². The summed E-state index contributed by atoms with van der Waals surface area (Å²) in [6, 6.07) is 0. The first kappa shape index (κ1) is 15.1. The van der Waals surface area contributed by atoms with Gasteiger partial charge in [-0.15, -0.1) is 0 Å². The second-order valence-corrected chi connectivity index (χ2v) is 2.24. The van der Waals surface area contributed by atoms with Crippen LogP contribution in [0.1, 0.15) is 0 Å². The molecule has 0 saturated carbocycles. The Morgan fingerprint density at radius 3 is 2.00 bits per heavy atom. The molecule has 0 saturated heterocycles. The van der Waals surface area contributed by atoms with Crippen molar-refractivity contribution in [2.24, 2.45) is 0 Å². The predicted molar refractivity (Wildman–Crippen MR) is 37.8 cm³/mol. The van der Waals surface area contributed by atoms with Crippen LogP contribution >= 0.6 is 0 Å². The van der Waals surface area contributed by atoms with Gasteiger partial charge in [0.05, 0.1) is 0 Å². The Morgan fingerprint density at radius 1 is 1.00 bits per heavy atom. The number of carboxylic acids is 1. The topological polar surface area (TPSA) is 108 Å². The van der Waals surface area contributed by atoms with E-state index in [-0.39, 0.29) is 0 Å². The van der Waals surface area contributed by atoms with Crippen molar-refractivity contribution >= 4 is 17.9 Å². The summed E-state index contributed by atoms with van der Waals surface area (Å²) >= 11 is 0. The molecule has 11 heteroatoms. The maximum absolute atomic E-state index is 11.5. The van der Waals surface area contributed by atoms with Crippen molar-refractivity contribution < 1.29 is 52.2 Å². The number of carbonyl (C=O) groups is 3. The van der Waals surface area contributed by atoms with Gasteiger partial charge in [-0.05, 0) is 0 Å². The highest BCUT2D eigenvalue weighted by Gasteiger charge is 2.43. The molecule has 98 valence electrons. The first-order chi connectivity index (χ1) is 7.73. The van der Waals surface area contributed by atoms with Gasteiger partial charge in [0.2, 0.25) is 0 Å². The number of aliphatic carboxylic acids is 1. The average Bonchev–Trinajstić information content (AvgIpc) is 2.19. The van der Waals surface area contributed by atoms with E-state index in [1.165, 1.54) is 0 Å². The summed E-state index contributed by atoms with van der Waals surface area (Å²) in [6.07, 6.45) is -5.30. The van der Waals surface area contributed by atoms with Gasteiger partial charge in [-0.1, -0.05) is 0 Å². The number of halogens is 3. The van der Waals surface area contributed by atoms with Gasteiger partial charge in [0.25, 0.3) is 0 Å². The van der Waals surface area contributed by atoms with Crippen LogP contribution in [0.4, 0.5) is 13.2 Å². The molecule has 0 radical (unpaired) electrons. The molecule has 0 aliphatic heterocycles. The van der Waals surface area contributed by atoms with Crippen LogP contribution in [0.25, 0.3) is 0 Å². The molecule has 0 unspecified atom stereocenters. The molecule has 0 fully saturated rings. The number of rotatable bonds is 5. The molecule has 0 amide bonds. The van der Waals surface area contributed by atoms with Crippen molar-refractivity contribution in [3.05, 3.63) is 0 Å². The zero-order valence-electron chi connectivity index (χ0n) is 7.85. The predicted octanol–water partition coefficient (Wildman–Crippen LogP) is -0.417. The lowest BCUT2D eigenvalue weighted by molar-refractivity contribution is -0.314. The van der Waals surface area contributed by atoms with Gasteiger partial charge < -0.3 is 5.11 Å². The Labute approximate surface area is 90.7 Å². The van der Waals surface area contributed by atoms with Gasteiger partial charge in [-0.2, -0.15) is 13.2 Å². The van der Waals surface area contributed by atoms with E-state index < -0.39 is 37.3 Å². The largest absolute Gasteiger partial charge is 0.495 e. The van der Waals surface area contributed by atoms with Crippen molar-refractivity contribution in [2.45, 2.75) is 6.18 Å². The van der Waals surface area contributed by atoms with E-state index in [0.29, 0.717) is 0 Å². The molecule has 0 rings (SSSR count). The zero-order chi connectivity index (χ0) is 13.5. The van der Waals surface area contributed by atoms with Crippen LogP contribution in [-0.2, 0) is 33.9 Å². The third kappa shape index (κ3) is 7.98. The molecular weight excluding hydrogens is 257 g/mol. The standard InChI is InChI=1S/C6H5F3O8/c7-6(8,9)5(13)17-16-4(12)2-15-14-1-3(10)11/h1-2H2,(H,10,11). The van der Waals surface area contributed by atoms with Crippen LogP contribution in [-0.4, -0.2) is 42.4 Å². The molecule has 0 bridgehead atoms. The van der Waals surface area contributed by atoms with Crippen LogP contribution in [0, 0.1) is 0 Å². The highest BCUT2D eigenvalue weighted by atomic mass is 19.4. The van der Waals surface area contributed by atoms with E-state index in [2.05, 4.69) is 19.6 Å². The minimum absolute atomic E-state index is 0.893. The first-order valence-corrected chi connectivity index (χ1v) is 3.68. The third-order valence-corrected chi connectivity index (χ3v) is 0.884. The maximum Gasteiger partial charge on any atom is 0.495 e. The van der Waals surface area contributed by atoms with Crippen molar-refractivity contribution in [2.75, 3.05) is 13.2 Å². The molecule has 0 atom stereocenters. The molecule has 8 nitrogen and oxygen atoms in total.